The van der Waals surface area contributed by atoms with Crippen LogP contribution in [-0.4, -0.2) is 12.1 Å². The minimum absolute atomic E-state index is 0.00759. The lowest BCUT2D eigenvalue weighted by Gasteiger charge is -2.43. The van der Waals surface area contributed by atoms with Crippen molar-refractivity contribution < 1.29 is 9.53 Å². The molecule has 0 saturated heterocycles. The van der Waals surface area contributed by atoms with Crippen molar-refractivity contribution in [1.82, 2.24) is 0 Å². The van der Waals surface area contributed by atoms with E-state index in [-0.39, 0.29) is 17.5 Å². The predicted octanol–water partition coefficient (Wildman–Crippen LogP) is 4.28. The van der Waals surface area contributed by atoms with E-state index >= 15 is 0 Å². The Bertz CT molecular complexity index is 277. The smallest absolute Gasteiger partial charge is 0.312 e. The van der Waals surface area contributed by atoms with Crippen LogP contribution in [-0.2, 0) is 9.53 Å². The van der Waals surface area contributed by atoms with Crippen molar-refractivity contribution in [2.24, 2.45) is 29.1 Å². The van der Waals surface area contributed by atoms with Gasteiger partial charge in [0.25, 0.3) is 0 Å². The van der Waals surface area contributed by atoms with E-state index in [1.807, 2.05) is 13.8 Å². The molecule has 0 atom stereocenters. The molecule has 1 saturated carbocycles. The summed E-state index contributed by atoms with van der Waals surface area (Å²) in [5, 5.41) is 0. The maximum Gasteiger partial charge on any atom is 0.312 e. The molecule has 0 aliphatic heterocycles. The Hall–Kier alpha value is -0.530. The van der Waals surface area contributed by atoms with E-state index in [1.54, 1.807) is 0 Å². The number of hydrogen-bond donors (Lipinski definition) is 0. The van der Waals surface area contributed by atoms with Gasteiger partial charge in [-0.15, -0.1) is 0 Å². The highest BCUT2D eigenvalue weighted by Crippen LogP contribution is 2.46. The Balaban J connectivity index is 2.63. The van der Waals surface area contributed by atoms with E-state index in [9.17, 15) is 4.79 Å². The van der Waals surface area contributed by atoms with E-state index in [2.05, 4.69) is 34.6 Å². The van der Waals surface area contributed by atoms with Crippen LogP contribution in [0.2, 0.25) is 0 Å². The van der Waals surface area contributed by atoms with E-state index in [0.717, 1.165) is 18.8 Å². The second kappa shape index (κ2) is 5.63. The molecule has 2 heteroatoms. The molecule has 1 fully saturated rings. The zero-order valence-corrected chi connectivity index (χ0v) is 13.1. The first-order chi connectivity index (χ1) is 8.16. The van der Waals surface area contributed by atoms with Crippen molar-refractivity contribution in [1.29, 1.82) is 0 Å². The van der Waals surface area contributed by atoms with Crippen LogP contribution >= 0.6 is 0 Å². The van der Waals surface area contributed by atoms with E-state index < -0.39 is 0 Å². The highest BCUT2D eigenvalue weighted by Gasteiger charge is 2.44. The Morgan fingerprint density at radius 3 is 1.89 bits per heavy atom. The van der Waals surface area contributed by atoms with Crippen molar-refractivity contribution in [3.63, 3.8) is 0 Å². The summed E-state index contributed by atoms with van der Waals surface area (Å²) in [6.07, 6.45) is 2.36. The Morgan fingerprint density at radius 1 is 1.11 bits per heavy atom. The summed E-state index contributed by atoms with van der Waals surface area (Å²) in [5.74, 6) is 2.02. The topological polar surface area (TPSA) is 26.3 Å². The average Bonchev–Trinajstić information content (AvgIpc) is 2.19. The molecule has 0 N–H and O–H groups in total. The molecule has 0 bridgehead atoms. The molecule has 0 amide bonds. The third kappa shape index (κ3) is 3.27. The SMILES string of the molecule is CC1CC(C(C)(C)C(=O)OC(C(C)C)C(C)C)C1. The predicted molar refractivity (Wildman–Crippen MR) is 75.2 cm³/mol. The maximum atomic E-state index is 12.4. The van der Waals surface area contributed by atoms with Gasteiger partial charge in [0, 0.05) is 0 Å². The molecule has 1 rings (SSSR count). The van der Waals surface area contributed by atoms with E-state index in [0.29, 0.717) is 17.8 Å². The van der Waals surface area contributed by atoms with Crippen LogP contribution in [0.1, 0.15) is 61.3 Å². The van der Waals surface area contributed by atoms with Crippen LogP contribution in [0.25, 0.3) is 0 Å². The number of esters is 1. The van der Waals surface area contributed by atoms with Gasteiger partial charge < -0.3 is 4.74 Å². The molecule has 0 unspecified atom stereocenters. The molecular formula is C16H30O2. The van der Waals surface area contributed by atoms with Crippen molar-refractivity contribution in [2.75, 3.05) is 0 Å². The Kier molecular flexibility index (Phi) is 4.85. The van der Waals surface area contributed by atoms with Crippen molar-refractivity contribution >= 4 is 5.97 Å². The molecule has 0 aromatic rings. The van der Waals surface area contributed by atoms with Gasteiger partial charge in [-0.25, -0.2) is 0 Å². The van der Waals surface area contributed by atoms with Gasteiger partial charge in [-0.1, -0.05) is 34.6 Å². The molecule has 0 aromatic heterocycles. The van der Waals surface area contributed by atoms with Gasteiger partial charge in [-0.2, -0.15) is 0 Å². The van der Waals surface area contributed by atoms with Gasteiger partial charge in [-0.05, 0) is 50.4 Å². The van der Waals surface area contributed by atoms with Crippen LogP contribution in [0, 0.1) is 29.1 Å². The Labute approximate surface area is 112 Å². The molecule has 0 radical (unpaired) electrons. The van der Waals surface area contributed by atoms with E-state index in [4.69, 9.17) is 4.74 Å². The molecule has 0 heterocycles. The lowest BCUT2D eigenvalue weighted by molar-refractivity contribution is -0.171. The number of rotatable bonds is 5. The summed E-state index contributed by atoms with van der Waals surface area (Å²) in [7, 11) is 0. The van der Waals surface area contributed by atoms with E-state index in [1.165, 1.54) is 0 Å². The van der Waals surface area contributed by atoms with Gasteiger partial charge in [0.15, 0.2) is 0 Å². The second-order valence-corrected chi connectivity index (χ2v) is 7.35. The van der Waals surface area contributed by atoms with Gasteiger partial charge in [0.05, 0.1) is 5.41 Å². The van der Waals surface area contributed by atoms with Gasteiger partial charge >= 0.3 is 5.97 Å². The van der Waals surface area contributed by atoms with Crippen LogP contribution < -0.4 is 0 Å². The second-order valence-electron chi connectivity index (χ2n) is 7.35. The van der Waals surface area contributed by atoms with Crippen LogP contribution in [0.5, 0.6) is 0 Å². The number of carbonyl (C=O) groups is 1. The molecular weight excluding hydrogens is 224 g/mol. The summed E-state index contributed by atoms with van der Waals surface area (Å²) < 4.78 is 5.79. The summed E-state index contributed by atoms with van der Waals surface area (Å²) in [6.45, 7) is 14.8. The molecule has 18 heavy (non-hydrogen) atoms. The Morgan fingerprint density at radius 2 is 1.56 bits per heavy atom. The number of carbonyl (C=O) groups excluding carboxylic acids is 1. The quantitative estimate of drug-likeness (QED) is 0.684. The first-order valence-electron chi connectivity index (χ1n) is 7.37. The lowest BCUT2D eigenvalue weighted by Crippen LogP contribution is -2.43. The molecule has 106 valence electrons. The van der Waals surface area contributed by atoms with Crippen LogP contribution in [0.15, 0.2) is 0 Å². The molecule has 0 aromatic carbocycles. The van der Waals surface area contributed by atoms with Crippen molar-refractivity contribution in [3.8, 4) is 0 Å². The van der Waals surface area contributed by atoms with Gasteiger partial charge in [0.2, 0.25) is 0 Å². The maximum absolute atomic E-state index is 12.4. The highest BCUT2D eigenvalue weighted by atomic mass is 16.5. The highest BCUT2D eigenvalue weighted by molar-refractivity contribution is 5.76. The third-order valence-corrected chi connectivity index (χ3v) is 4.48. The molecule has 2 nitrogen and oxygen atoms in total. The monoisotopic (exact) mass is 254 g/mol. The summed E-state index contributed by atoms with van der Waals surface area (Å²) >= 11 is 0. The molecule has 0 spiro atoms. The molecule has 1 aliphatic carbocycles. The minimum Gasteiger partial charge on any atom is -0.461 e. The van der Waals surface area contributed by atoms with Crippen molar-refractivity contribution in [3.05, 3.63) is 0 Å². The molecule has 1 aliphatic rings. The van der Waals surface area contributed by atoms with Gasteiger partial charge in [0.1, 0.15) is 6.10 Å². The fourth-order valence-electron chi connectivity index (χ4n) is 2.98. The lowest BCUT2D eigenvalue weighted by atomic mass is 9.63. The minimum atomic E-state index is -0.325. The first-order valence-corrected chi connectivity index (χ1v) is 7.37. The van der Waals surface area contributed by atoms with Crippen LogP contribution in [0.4, 0.5) is 0 Å². The van der Waals surface area contributed by atoms with Crippen LogP contribution in [0.3, 0.4) is 0 Å². The van der Waals surface area contributed by atoms with Gasteiger partial charge in [-0.3, -0.25) is 4.79 Å². The normalized spacial score (nSPS) is 24.6. The fourth-order valence-corrected chi connectivity index (χ4v) is 2.98. The summed E-state index contributed by atoms with van der Waals surface area (Å²) in [6, 6.07) is 0. The average molecular weight is 254 g/mol. The van der Waals surface area contributed by atoms with Crippen molar-refractivity contribution in [2.45, 2.75) is 67.4 Å². The number of hydrogen-bond acceptors (Lipinski definition) is 2. The number of ether oxygens (including phenoxy) is 1. The summed E-state index contributed by atoms with van der Waals surface area (Å²) in [5.41, 5.74) is -0.325. The zero-order chi connectivity index (χ0) is 14.1. The third-order valence-electron chi connectivity index (χ3n) is 4.48. The summed E-state index contributed by atoms with van der Waals surface area (Å²) in [4.78, 5) is 12.4. The first kappa shape index (κ1) is 15.5. The standard InChI is InChI=1S/C16H30O2/c1-10(2)14(11(3)4)18-15(17)16(6,7)13-8-12(5)9-13/h10-14H,8-9H2,1-7H3. The fraction of sp³-hybridized carbons (Fsp3) is 0.938. The zero-order valence-electron chi connectivity index (χ0n) is 13.1. The largest absolute Gasteiger partial charge is 0.461 e.